The fraction of sp³-hybridized carbons (Fsp3) is 0.818. The first-order valence-electron chi connectivity index (χ1n) is 7.78. The van der Waals surface area contributed by atoms with Gasteiger partial charge < -0.3 is 61.4 Å². The molecule has 1 saturated heterocycles. The number of hydrogen-bond donors (Lipinski definition) is 0. The van der Waals surface area contributed by atoms with Crippen molar-refractivity contribution in [3.05, 3.63) is 7.05 Å². The van der Waals surface area contributed by atoms with Gasteiger partial charge in [0.15, 0.2) is 0 Å². The third kappa shape index (κ3) is 56.7. The Kier molecular flexibility index (Phi) is 20.2. The molecular formula is C11H20B3F12KNO2-3. The van der Waals surface area contributed by atoms with Gasteiger partial charge in [0.25, 0.3) is 0 Å². The van der Waals surface area contributed by atoms with E-state index in [1.165, 1.54) is 0 Å². The van der Waals surface area contributed by atoms with Gasteiger partial charge >= 0.3 is 79.1 Å². The predicted molar refractivity (Wildman–Crippen MR) is 86.1 cm³/mol. The van der Waals surface area contributed by atoms with Gasteiger partial charge in [-0.05, 0) is 46.7 Å². The third-order valence-corrected chi connectivity index (χ3v) is 2.33. The van der Waals surface area contributed by atoms with Gasteiger partial charge in [0.1, 0.15) is 5.60 Å². The summed E-state index contributed by atoms with van der Waals surface area (Å²) in [7, 11) is -14.2. The first kappa shape index (κ1) is 37.7. The molecule has 0 spiro atoms. The van der Waals surface area contributed by atoms with Crippen LogP contribution in [0.2, 0.25) is 0 Å². The zero-order chi connectivity index (χ0) is 24.3. The Morgan fingerprint density at radius 3 is 1.23 bits per heavy atom. The number of rotatable bonds is 1. The summed E-state index contributed by atoms with van der Waals surface area (Å²) >= 11 is 0. The maximum Gasteiger partial charge on any atom is 1.00 e. The molecule has 0 aromatic heterocycles. The van der Waals surface area contributed by atoms with Crippen molar-refractivity contribution in [2.24, 2.45) is 5.92 Å². The van der Waals surface area contributed by atoms with Crippen LogP contribution in [-0.2, 0) is 9.53 Å². The topological polar surface area (TPSA) is 29.5 Å². The monoisotopic (exact) mass is 498 g/mol. The molecule has 0 bridgehead atoms. The summed E-state index contributed by atoms with van der Waals surface area (Å²) in [4.78, 5) is 13.7. The zero-order valence-corrected chi connectivity index (χ0v) is 19.8. The molecule has 1 aliphatic heterocycles. The van der Waals surface area contributed by atoms with Crippen molar-refractivity contribution < 1.29 is 113 Å². The van der Waals surface area contributed by atoms with Gasteiger partial charge in [0, 0.05) is 0 Å². The van der Waals surface area contributed by atoms with Gasteiger partial charge in [-0.2, -0.15) is 0 Å². The third-order valence-electron chi connectivity index (χ3n) is 2.33. The minimum atomic E-state index is -6.00. The zero-order valence-electron chi connectivity index (χ0n) is 16.6. The van der Waals surface area contributed by atoms with Gasteiger partial charge in [-0.3, -0.25) is 11.8 Å². The van der Waals surface area contributed by atoms with Crippen molar-refractivity contribution in [3.8, 4) is 0 Å². The maximum atomic E-state index is 11.7. The van der Waals surface area contributed by atoms with Crippen molar-refractivity contribution in [3.63, 3.8) is 0 Å². The Balaban J connectivity index is -0.000000176. The smallest absolute Gasteiger partial charge is 0.460 e. The van der Waals surface area contributed by atoms with Crippen molar-refractivity contribution in [1.29, 1.82) is 0 Å². The summed E-state index contributed by atoms with van der Waals surface area (Å²) in [6.45, 7) is 7.50. The number of halogens is 12. The van der Waals surface area contributed by atoms with Gasteiger partial charge in [0.05, 0.1) is 5.92 Å². The standard InChI is InChI=1S/C11H20NO2.3BF4.K/c1-11(2,3)14-10(13)9-5-7-12(4)8-6-9;3*2-1(3,4)5;/h9H,4-8H2,1-3H3;;;;/q4*-1;+1. The molecule has 0 radical (unpaired) electrons. The number of likely N-dealkylation sites (tertiary alicyclic amines) is 1. The largest absolute Gasteiger partial charge is 1.00 e. The summed E-state index contributed by atoms with van der Waals surface area (Å²) in [5.41, 5.74) is -0.362. The molecule has 0 aliphatic carbocycles. The molecule has 0 aromatic rings. The van der Waals surface area contributed by atoms with Crippen LogP contribution >= 0.6 is 0 Å². The Bertz CT molecular complexity index is 402. The van der Waals surface area contributed by atoms with Crippen LogP contribution in [-0.4, -0.2) is 51.3 Å². The molecule has 19 heteroatoms. The molecule has 1 rings (SSSR count). The molecule has 0 unspecified atom stereocenters. The Labute approximate surface area is 209 Å². The summed E-state index contributed by atoms with van der Waals surface area (Å²) in [5, 5.41) is 0. The molecular weight excluding hydrogens is 478 g/mol. The summed E-state index contributed by atoms with van der Waals surface area (Å²) in [5.74, 6) is 0.0258. The molecule has 3 nitrogen and oxygen atoms in total. The van der Waals surface area contributed by atoms with Gasteiger partial charge in [-0.15, -0.1) is 0 Å². The van der Waals surface area contributed by atoms with E-state index >= 15 is 0 Å². The Morgan fingerprint density at radius 2 is 1.03 bits per heavy atom. The van der Waals surface area contributed by atoms with E-state index in [4.69, 9.17) is 4.74 Å². The van der Waals surface area contributed by atoms with E-state index in [1.54, 1.807) is 0 Å². The summed E-state index contributed by atoms with van der Waals surface area (Å²) < 4.78 is 122. The van der Waals surface area contributed by atoms with Crippen LogP contribution in [0.15, 0.2) is 0 Å². The fourth-order valence-corrected chi connectivity index (χ4v) is 1.55. The number of carbonyl (C=O) groups is 1. The minimum absolute atomic E-state index is 0. The van der Waals surface area contributed by atoms with Crippen LogP contribution in [0.1, 0.15) is 33.6 Å². The van der Waals surface area contributed by atoms with E-state index in [2.05, 4.69) is 7.05 Å². The van der Waals surface area contributed by atoms with E-state index in [1.807, 2.05) is 25.7 Å². The van der Waals surface area contributed by atoms with Crippen LogP contribution in [0.25, 0.3) is 0 Å². The first-order chi connectivity index (χ1) is 12.4. The van der Waals surface area contributed by atoms with Crippen LogP contribution in [0.3, 0.4) is 0 Å². The molecule has 0 N–H and O–H groups in total. The molecule has 1 fully saturated rings. The minimum Gasteiger partial charge on any atom is -0.460 e. The molecule has 0 saturated carbocycles. The number of hydrogen-bond acceptors (Lipinski definition) is 3. The quantitative estimate of drug-likeness (QED) is 0.242. The average Bonchev–Trinajstić information content (AvgIpc) is 2.30. The second kappa shape index (κ2) is 16.1. The molecule has 0 atom stereocenters. The molecule has 0 aromatic carbocycles. The van der Waals surface area contributed by atoms with Crippen molar-refractivity contribution in [2.75, 3.05) is 13.1 Å². The van der Waals surface area contributed by atoms with Gasteiger partial charge in [-0.1, -0.05) is 0 Å². The van der Waals surface area contributed by atoms with Gasteiger partial charge in [0.2, 0.25) is 0 Å². The van der Waals surface area contributed by atoms with Gasteiger partial charge in [-0.25, -0.2) is 0 Å². The second-order valence-corrected chi connectivity index (χ2v) is 6.41. The molecule has 0 amide bonds. The van der Waals surface area contributed by atoms with Crippen molar-refractivity contribution in [1.82, 2.24) is 4.90 Å². The Morgan fingerprint density at radius 1 is 0.800 bits per heavy atom. The molecule has 1 heterocycles. The number of nitrogens with zero attached hydrogens (tertiary/aromatic N) is 1. The molecule has 178 valence electrons. The number of esters is 1. The number of piperidine rings is 1. The fourth-order valence-electron chi connectivity index (χ4n) is 1.55. The van der Waals surface area contributed by atoms with Crippen LogP contribution in [0.5, 0.6) is 0 Å². The van der Waals surface area contributed by atoms with E-state index < -0.39 is 21.8 Å². The predicted octanol–water partition coefficient (Wildman–Crippen LogP) is 2.74. The number of ether oxygens (including phenoxy) is 1. The van der Waals surface area contributed by atoms with E-state index in [0.717, 1.165) is 25.9 Å². The second-order valence-electron chi connectivity index (χ2n) is 6.41. The van der Waals surface area contributed by atoms with E-state index in [0.29, 0.717) is 0 Å². The van der Waals surface area contributed by atoms with E-state index in [9.17, 15) is 56.6 Å². The molecule has 1 aliphatic rings. The van der Waals surface area contributed by atoms with E-state index in [-0.39, 0.29) is 68.9 Å². The van der Waals surface area contributed by atoms with Crippen LogP contribution in [0.4, 0.5) is 51.8 Å². The normalized spacial score (nSPS) is 15.7. The molecule has 30 heavy (non-hydrogen) atoms. The van der Waals surface area contributed by atoms with Crippen molar-refractivity contribution >= 4 is 27.7 Å². The summed E-state index contributed by atoms with van der Waals surface area (Å²) in [6.07, 6.45) is 1.75. The van der Waals surface area contributed by atoms with Crippen molar-refractivity contribution in [2.45, 2.75) is 39.2 Å². The van der Waals surface area contributed by atoms with Crippen LogP contribution < -0.4 is 51.4 Å². The number of carbonyl (C=O) groups excluding carboxylic acids is 1. The Hall–Kier alpha value is 0.421. The summed E-state index contributed by atoms with van der Waals surface area (Å²) in [6, 6.07) is 0. The maximum absolute atomic E-state index is 11.7. The SMILES string of the molecule is F[B-](F)(F)F.F[B-](F)(F)F.F[B-](F)(F)F.[CH2-]N1CCC(C(=O)OC(C)(C)C)CC1.[K+]. The first-order valence-corrected chi connectivity index (χ1v) is 7.78. The average molecular weight is 498 g/mol. The van der Waals surface area contributed by atoms with Crippen LogP contribution in [0, 0.1) is 13.0 Å².